The molecule has 0 aliphatic carbocycles. The number of aromatic nitrogens is 1. The predicted octanol–water partition coefficient (Wildman–Crippen LogP) is 4.68. The summed E-state index contributed by atoms with van der Waals surface area (Å²) in [5, 5.41) is 1.03. The molecule has 4 heteroatoms. The highest BCUT2D eigenvalue weighted by Gasteiger charge is 2.39. The molecule has 2 nitrogen and oxygen atoms in total. The van der Waals surface area contributed by atoms with Gasteiger partial charge in [-0.25, -0.2) is 4.98 Å². The Morgan fingerprint density at radius 1 is 1.18 bits per heavy atom. The Balaban J connectivity index is 2.30. The van der Waals surface area contributed by atoms with Crippen molar-refractivity contribution in [2.24, 2.45) is 0 Å². The molecule has 0 N–H and O–H groups in total. The number of nitrogens with zero attached hydrogens (tertiary/aromatic N) is 1. The van der Waals surface area contributed by atoms with Crippen molar-refractivity contribution in [1.82, 2.24) is 4.98 Å². The van der Waals surface area contributed by atoms with Crippen molar-refractivity contribution < 1.29 is 4.43 Å². The zero-order chi connectivity index (χ0) is 12.7. The average Bonchev–Trinajstić information content (AvgIpc) is 2.56. The lowest BCUT2D eigenvalue weighted by Gasteiger charge is -2.35. The van der Waals surface area contributed by atoms with Crippen LogP contribution < -0.4 is 4.43 Å². The summed E-state index contributed by atoms with van der Waals surface area (Å²) in [6.45, 7) is 11.2. The monoisotopic (exact) mass is 265 g/mol. The molecular formula is C13H19NOSSi. The molecule has 1 heterocycles. The standard InChI is InChI=1S/C13H19NOSSi/c1-13(2,3)17(4,5)15-12-14-10-8-6-7-9-11(10)16-12/h6-9H,1-5H3. The van der Waals surface area contributed by atoms with E-state index in [1.807, 2.05) is 18.2 Å². The van der Waals surface area contributed by atoms with Crippen molar-refractivity contribution in [2.75, 3.05) is 0 Å². The number of hydrogen-bond donors (Lipinski definition) is 0. The molecule has 0 fully saturated rings. The number of hydrogen-bond acceptors (Lipinski definition) is 3. The lowest BCUT2D eigenvalue weighted by Crippen LogP contribution is -2.43. The zero-order valence-corrected chi connectivity index (χ0v) is 12.9. The second kappa shape index (κ2) is 4.10. The van der Waals surface area contributed by atoms with Gasteiger partial charge in [-0.1, -0.05) is 44.2 Å². The molecule has 0 radical (unpaired) electrons. The van der Waals surface area contributed by atoms with E-state index < -0.39 is 8.32 Å². The third-order valence-electron chi connectivity index (χ3n) is 3.42. The summed E-state index contributed by atoms with van der Waals surface area (Å²) in [5.74, 6) is 0. The van der Waals surface area contributed by atoms with Gasteiger partial charge in [0.2, 0.25) is 0 Å². The smallest absolute Gasteiger partial charge is 0.260 e. The van der Waals surface area contributed by atoms with Gasteiger partial charge in [-0.2, -0.15) is 0 Å². The quantitative estimate of drug-likeness (QED) is 0.735. The summed E-state index contributed by atoms with van der Waals surface area (Å²) in [7, 11) is -1.76. The van der Waals surface area contributed by atoms with Crippen molar-refractivity contribution in [1.29, 1.82) is 0 Å². The van der Waals surface area contributed by atoms with Crippen LogP contribution in [-0.2, 0) is 0 Å². The first-order valence-electron chi connectivity index (χ1n) is 5.84. The highest BCUT2D eigenvalue weighted by atomic mass is 32.1. The van der Waals surface area contributed by atoms with Crippen LogP contribution in [0.2, 0.25) is 18.1 Å². The van der Waals surface area contributed by atoms with Gasteiger partial charge < -0.3 is 4.43 Å². The van der Waals surface area contributed by atoms with Crippen molar-refractivity contribution in [3.63, 3.8) is 0 Å². The largest absolute Gasteiger partial charge is 0.523 e. The molecule has 1 aromatic heterocycles. The van der Waals surface area contributed by atoms with E-state index >= 15 is 0 Å². The first kappa shape index (κ1) is 12.6. The van der Waals surface area contributed by atoms with Gasteiger partial charge in [0.05, 0.1) is 10.2 Å². The molecule has 0 saturated heterocycles. The minimum atomic E-state index is -1.76. The van der Waals surface area contributed by atoms with E-state index in [1.165, 1.54) is 4.70 Å². The molecule has 0 bridgehead atoms. The fraction of sp³-hybridized carbons (Fsp3) is 0.462. The number of fused-ring (bicyclic) bond motifs is 1. The van der Waals surface area contributed by atoms with E-state index in [0.29, 0.717) is 0 Å². The minimum Gasteiger partial charge on any atom is -0.523 e. The Morgan fingerprint density at radius 2 is 1.82 bits per heavy atom. The molecule has 0 saturated carbocycles. The molecule has 92 valence electrons. The molecule has 1 aromatic carbocycles. The Kier molecular flexibility index (Phi) is 3.04. The maximum absolute atomic E-state index is 6.20. The van der Waals surface area contributed by atoms with Gasteiger partial charge in [0.25, 0.3) is 13.5 Å². The summed E-state index contributed by atoms with van der Waals surface area (Å²) in [4.78, 5) is 4.54. The van der Waals surface area contributed by atoms with Crippen molar-refractivity contribution in [3.05, 3.63) is 24.3 Å². The summed E-state index contributed by atoms with van der Waals surface area (Å²) < 4.78 is 7.39. The Morgan fingerprint density at radius 3 is 2.41 bits per heavy atom. The van der Waals surface area contributed by atoms with Gasteiger partial charge in [0.1, 0.15) is 0 Å². The Labute approximate surface area is 108 Å². The lowest BCUT2D eigenvalue weighted by molar-refractivity contribution is 0.490. The van der Waals surface area contributed by atoms with Crippen LogP contribution in [0, 0.1) is 0 Å². The number of benzene rings is 1. The van der Waals surface area contributed by atoms with Crippen molar-refractivity contribution in [3.8, 4) is 5.19 Å². The van der Waals surface area contributed by atoms with Gasteiger partial charge in [0.15, 0.2) is 0 Å². The van der Waals surface area contributed by atoms with E-state index in [9.17, 15) is 0 Å². The molecule has 2 aromatic rings. The van der Waals surface area contributed by atoms with Gasteiger partial charge in [-0.15, -0.1) is 0 Å². The average molecular weight is 265 g/mol. The fourth-order valence-electron chi connectivity index (χ4n) is 1.27. The fourth-order valence-corrected chi connectivity index (χ4v) is 3.54. The molecule has 0 amide bonds. The maximum Gasteiger partial charge on any atom is 0.260 e. The third kappa shape index (κ3) is 2.53. The van der Waals surface area contributed by atoms with Crippen LogP contribution in [0.25, 0.3) is 10.2 Å². The molecule has 17 heavy (non-hydrogen) atoms. The van der Waals surface area contributed by atoms with Gasteiger partial charge in [-0.3, -0.25) is 0 Å². The molecule has 0 atom stereocenters. The van der Waals surface area contributed by atoms with Gasteiger partial charge >= 0.3 is 0 Å². The highest BCUT2D eigenvalue weighted by Crippen LogP contribution is 2.39. The van der Waals surface area contributed by atoms with E-state index in [4.69, 9.17) is 4.43 Å². The van der Waals surface area contributed by atoms with E-state index in [-0.39, 0.29) is 5.04 Å². The van der Waals surface area contributed by atoms with Crippen molar-refractivity contribution >= 4 is 29.9 Å². The molecule has 0 unspecified atom stereocenters. The maximum atomic E-state index is 6.20. The van der Waals surface area contributed by atoms with Gasteiger partial charge in [0, 0.05) is 0 Å². The number of rotatable bonds is 2. The molecule has 0 aliphatic heterocycles. The summed E-state index contributed by atoms with van der Waals surface area (Å²) in [6.07, 6.45) is 0. The van der Waals surface area contributed by atoms with E-state index in [2.05, 4.69) is 44.9 Å². The van der Waals surface area contributed by atoms with Gasteiger partial charge in [-0.05, 0) is 30.3 Å². The summed E-state index contributed by atoms with van der Waals surface area (Å²) in [5.41, 5.74) is 1.03. The topological polar surface area (TPSA) is 22.1 Å². The SMILES string of the molecule is CC(C)(C)[Si](C)(C)Oc1nc2ccccc2s1. The first-order chi connectivity index (χ1) is 7.79. The van der Waals surface area contributed by atoms with Crippen LogP contribution in [0.5, 0.6) is 5.19 Å². The normalized spacial score (nSPS) is 13.0. The van der Waals surface area contributed by atoms with Crippen molar-refractivity contribution in [2.45, 2.75) is 38.9 Å². The van der Waals surface area contributed by atoms with Crippen LogP contribution in [-0.4, -0.2) is 13.3 Å². The minimum absolute atomic E-state index is 0.213. The van der Waals surface area contributed by atoms with Crippen LogP contribution in [0.15, 0.2) is 24.3 Å². The van der Waals surface area contributed by atoms with Crippen LogP contribution in [0.1, 0.15) is 20.8 Å². The first-order valence-corrected chi connectivity index (χ1v) is 9.57. The highest BCUT2D eigenvalue weighted by molar-refractivity contribution is 7.20. The van der Waals surface area contributed by atoms with Crippen LogP contribution >= 0.6 is 11.3 Å². The zero-order valence-electron chi connectivity index (χ0n) is 11.1. The molecule has 0 aliphatic rings. The Hall–Kier alpha value is -0.873. The summed E-state index contributed by atoms with van der Waals surface area (Å²) in [6, 6.07) is 8.17. The van der Waals surface area contributed by atoms with Crippen LogP contribution in [0.3, 0.4) is 0 Å². The van der Waals surface area contributed by atoms with E-state index in [0.717, 1.165) is 10.7 Å². The third-order valence-corrected chi connectivity index (χ3v) is 8.80. The predicted molar refractivity (Wildman–Crippen MR) is 77.4 cm³/mol. The van der Waals surface area contributed by atoms with Crippen LogP contribution in [0.4, 0.5) is 0 Å². The number of para-hydroxylation sites is 1. The summed E-state index contributed by atoms with van der Waals surface area (Å²) >= 11 is 1.64. The second-order valence-corrected chi connectivity index (χ2v) is 11.5. The number of thiazole rings is 1. The molecule has 2 rings (SSSR count). The molecule has 0 spiro atoms. The molecular weight excluding hydrogens is 246 g/mol. The lowest BCUT2D eigenvalue weighted by atomic mass is 10.2. The second-order valence-electron chi connectivity index (χ2n) is 5.81. The van der Waals surface area contributed by atoms with E-state index in [1.54, 1.807) is 11.3 Å². The Bertz CT molecular complexity index is 494.